The fourth-order valence-corrected chi connectivity index (χ4v) is 1.81. The molecule has 0 fully saturated rings. The Morgan fingerprint density at radius 3 is 2.50 bits per heavy atom. The molecule has 2 aromatic rings. The van der Waals surface area contributed by atoms with Gasteiger partial charge in [0.1, 0.15) is 5.69 Å². The molecule has 0 bridgehead atoms. The summed E-state index contributed by atoms with van der Waals surface area (Å²) in [5.74, 6) is -0.134. The van der Waals surface area contributed by atoms with Crippen LogP contribution in [-0.2, 0) is 0 Å². The number of benzene rings is 1. The Labute approximate surface area is 115 Å². The first-order valence-corrected chi connectivity index (χ1v) is 5.91. The average Bonchev–Trinajstić information content (AvgIpc) is 2.45. The third-order valence-corrected chi connectivity index (χ3v) is 2.86. The van der Waals surface area contributed by atoms with E-state index in [9.17, 15) is 14.4 Å². The summed E-state index contributed by atoms with van der Waals surface area (Å²) in [5.41, 5.74) is -0.116. The minimum Gasteiger partial charge on any atom is -0.491 e. The summed E-state index contributed by atoms with van der Waals surface area (Å²) in [6, 6.07) is 6.67. The van der Waals surface area contributed by atoms with Crippen LogP contribution in [0.25, 0.3) is 0 Å². The molecule has 20 heavy (non-hydrogen) atoms. The number of rotatable bonds is 4. The van der Waals surface area contributed by atoms with Gasteiger partial charge in [0, 0.05) is 25.3 Å². The van der Waals surface area contributed by atoms with Gasteiger partial charge in [-0.2, -0.15) is 0 Å². The van der Waals surface area contributed by atoms with E-state index in [1.807, 2.05) is 0 Å². The van der Waals surface area contributed by atoms with Crippen molar-refractivity contribution in [3.8, 4) is 5.75 Å². The Kier molecular flexibility index (Phi) is 3.56. The molecule has 2 aromatic carbocycles. The van der Waals surface area contributed by atoms with Crippen LogP contribution in [0.15, 0.2) is 33.9 Å². The molecule has 1 N–H and O–H groups in total. The fraction of sp³-hybridized carbons (Fsp3) is 0.214. The number of hydrogen-bond donors (Lipinski definition) is 1. The number of carbonyl (C=O) groups is 1. The van der Waals surface area contributed by atoms with Crippen LogP contribution >= 0.6 is 0 Å². The summed E-state index contributed by atoms with van der Waals surface area (Å²) in [6.07, 6.45) is 0. The van der Waals surface area contributed by atoms with Crippen LogP contribution in [0.2, 0.25) is 0 Å². The van der Waals surface area contributed by atoms with E-state index in [0.717, 1.165) is 0 Å². The summed E-state index contributed by atoms with van der Waals surface area (Å²) in [5, 5.41) is 2.81. The highest BCUT2D eigenvalue weighted by Crippen LogP contribution is 2.22. The first kappa shape index (κ1) is 13.8. The second-order valence-electron chi connectivity index (χ2n) is 4.47. The van der Waals surface area contributed by atoms with Crippen LogP contribution in [0.5, 0.6) is 5.75 Å². The van der Waals surface area contributed by atoms with Crippen LogP contribution in [0.4, 0.5) is 11.4 Å². The van der Waals surface area contributed by atoms with Gasteiger partial charge >= 0.3 is 0 Å². The van der Waals surface area contributed by atoms with Gasteiger partial charge < -0.3 is 15.0 Å². The van der Waals surface area contributed by atoms with E-state index < -0.39 is 10.9 Å². The number of nitrogens with one attached hydrogen (secondary N) is 1. The van der Waals surface area contributed by atoms with Crippen molar-refractivity contribution in [3.05, 3.63) is 50.3 Å². The van der Waals surface area contributed by atoms with Gasteiger partial charge in [0.2, 0.25) is 0 Å². The van der Waals surface area contributed by atoms with E-state index in [1.54, 1.807) is 38.4 Å². The first-order valence-electron chi connectivity index (χ1n) is 5.91. The molecular formula is C14H14N2O4. The van der Waals surface area contributed by atoms with Gasteiger partial charge in [0.05, 0.1) is 7.11 Å². The topological polar surface area (TPSA) is 75.7 Å². The standard InChI is InChI=1S/C14H14N2O4/c1-16(2)14(19)8-5-4-6-9(7-8)15-10-11(17)12(18)13(10)20-3/h4-7,15H,1-3H3. The lowest BCUT2D eigenvalue weighted by Gasteiger charge is -2.14. The highest BCUT2D eigenvalue weighted by molar-refractivity contribution is 5.95. The van der Waals surface area contributed by atoms with Crippen LogP contribution in [0.3, 0.4) is 0 Å². The summed E-state index contributed by atoms with van der Waals surface area (Å²) >= 11 is 0. The summed E-state index contributed by atoms with van der Waals surface area (Å²) in [4.78, 5) is 36.0. The first-order chi connectivity index (χ1) is 9.45. The zero-order valence-electron chi connectivity index (χ0n) is 11.4. The van der Waals surface area contributed by atoms with Gasteiger partial charge in [-0.1, -0.05) is 6.07 Å². The summed E-state index contributed by atoms with van der Waals surface area (Å²) in [7, 11) is 4.64. The molecule has 1 amide bonds. The molecule has 0 heterocycles. The minimum absolute atomic E-state index is 0.0133. The van der Waals surface area contributed by atoms with Gasteiger partial charge in [-0.05, 0) is 18.2 Å². The normalized spacial score (nSPS) is 10.3. The molecule has 6 heteroatoms. The zero-order chi connectivity index (χ0) is 14.9. The van der Waals surface area contributed by atoms with E-state index in [-0.39, 0.29) is 17.3 Å². The number of carbonyl (C=O) groups excluding carboxylic acids is 1. The summed E-state index contributed by atoms with van der Waals surface area (Å²) in [6.45, 7) is 0. The maximum Gasteiger partial charge on any atom is 0.272 e. The van der Waals surface area contributed by atoms with E-state index in [2.05, 4.69) is 5.32 Å². The number of anilines is 2. The summed E-state index contributed by atoms with van der Waals surface area (Å²) < 4.78 is 4.84. The van der Waals surface area contributed by atoms with Crippen molar-refractivity contribution in [1.29, 1.82) is 0 Å². The highest BCUT2D eigenvalue weighted by atomic mass is 16.5. The minimum atomic E-state index is -0.643. The zero-order valence-corrected chi connectivity index (χ0v) is 11.4. The second-order valence-corrected chi connectivity index (χ2v) is 4.47. The molecule has 0 atom stereocenters. The van der Waals surface area contributed by atoms with E-state index in [0.29, 0.717) is 11.3 Å². The van der Waals surface area contributed by atoms with E-state index >= 15 is 0 Å². The van der Waals surface area contributed by atoms with Gasteiger partial charge in [-0.15, -0.1) is 0 Å². The van der Waals surface area contributed by atoms with Crippen molar-refractivity contribution in [3.63, 3.8) is 0 Å². The van der Waals surface area contributed by atoms with Crippen molar-refractivity contribution in [2.75, 3.05) is 26.5 Å². The Morgan fingerprint density at radius 2 is 1.90 bits per heavy atom. The van der Waals surface area contributed by atoms with Gasteiger partial charge in [-0.3, -0.25) is 14.4 Å². The second kappa shape index (κ2) is 5.16. The average molecular weight is 274 g/mol. The molecule has 2 rings (SSSR count). The van der Waals surface area contributed by atoms with Gasteiger partial charge in [0.15, 0.2) is 5.75 Å². The lowest BCUT2D eigenvalue weighted by atomic mass is 10.1. The number of nitrogens with zero attached hydrogens (tertiary/aromatic N) is 1. The Balaban J connectivity index is 2.29. The van der Waals surface area contributed by atoms with Crippen molar-refractivity contribution < 1.29 is 9.53 Å². The molecule has 0 saturated heterocycles. The predicted molar refractivity (Wildman–Crippen MR) is 75.6 cm³/mol. The predicted octanol–water partition coefficient (Wildman–Crippen LogP) is 0.737. The fourth-order valence-electron chi connectivity index (χ4n) is 1.81. The van der Waals surface area contributed by atoms with E-state index in [4.69, 9.17) is 4.74 Å². The molecule has 0 aromatic heterocycles. The van der Waals surface area contributed by atoms with Crippen molar-refractivity contribution >= 4 is 17.3 Å². The number of ether oxygens (including phenoxy) is 1. The highest BCUT2D eigenvalue weighted by Gasteiger charge is 2.22. The van der Waals surface area contributed by atoms with Crippen molar-refractivity contribution in [2.24, 2.45) is 0 Å². The van der Waals surface area contributed by atoms with Crippen LogP contribution < -0.4 is 20.9 Å². The van der Waals surface area contributed by atoms with Crippen molar-refractivity contribution in [1.82, 2.24) is 4.90 Å². The molecule has 0 aliphatic rings. The molecule has 0 spiro atoms. The van der Waals surface area contributed by atoms with Crippen LogP contribution in [-0.4, -0.2) is 32.0 Å². The lowest BCUT2D eigenvalue weighted by Crippen LogP contribution is -2.34. The van der Waals surface area contributed by atoms with Crippen LogP contribution in [0, 0.1) is 0 Å². The molecule has 0 unspecified atom stereocenters. The van der Waals surface area contributed by atoms with Crippen LogP contribution in [0.1, 0.15) is 10.4 Å². The monoisotopic (exact) mass is 274 g/mol. The maximum absolute atomic E-state index is 11.8. The quantitative estimate of drug-likeness (QED) is 0.832. The number of amides is 1. The molecule has 104 valence electrons. The third-order valence-electron chi connectivity index (χ3n) is 2.86. The van der Waals surface area contributed by atoms with Gasteiger partial charge in [-0.25, -0.2) is 0 Å². The van der Waals surface area contributed by atoms with Gasteiger partial charge in [0.25, 0.3) is 16.8 Å². The Hall–Kier alpha value is -2.63. The number of hydrogen-bond acceptors (Lipinski definition) is 5. The maximum atomic E-state index is 11.8. The smallest absolute Gasteiger partial charge is 0.272 e. The molecule has 6 nitrogen and oxygen atoms in total. The Bertz CT molecular complexity index is 727. The molecule has 0 saturated carbocycles. The largest absolute Gasteiger partial charge is 0.491 e. The lowest BCUT2D eigenvalue weighted by molar-refractivity contribution is 0.0827. The van der Waals surface area contributed by atoms with Crippen molar-refractivity contribution in [2.45, 2.75) is 0 Å². The third kappa shape index (κ3) is 2.27. The molecule has 0 aliphatic heterocycles. The molecule has 0 radical (unpaired) electrons. The SMILES string of the molecule is COc1c(Nc2cccc(C(=O)N(C)C)c2)c(=O)c1=O. The Morgan fingerprint density at radius 1 is 1.20 bits per heavy atom. The molecule has 0 aliphatic carbocycles. The van der Waals surface area contributed by atoms with E-state index in [1.165, 1.54) is 12.0 Å². The molecular weight excluding hydrogens is 260 g/mol. The number of methoxy groups -OCH3 is 1.